The first-order valence-electron chi connectivity index (χ1n) is 12.9. The van der Waals surface area contributed by atoms with Crippen molar-refractivity contribution in [2.24, 2.45) is 5.92 Å². The number of ketones is 1. The van der Waals surface area contributed by atoms with Crippen LogP contribution in [0.5, 0.6) is 11.5 Å². The lowest BCUT2D eigenvalue weighted by Gasteiger charge is -2.26. The number of carbonyl (C=O) groups excluding carboxylic acids is 2. The first-order valence-corrected chi connectivity index (χ1v) is 13.7. The molecule has 3 heterocycles. The monoisotopic (exact) mass is 538 g/mol. The average molecular weight is 539 g/mol. The van der Waals surface area contributed by atoms with E-state index in [1.54, 1.807) is 47.7 Å². The second kappa shape index (κ2) is 12.1. The maximum Gasteiger partial charge on any atom is 0.248 e. The number of halogens is 1. The van der Waals surface area contributed by atoms with E-state index in [2.05, 4.69) is 11.1 Å². The minimum atomic E-state index is -0.491. The summed E-state index contributed by atoms with van der Waals surface area (Å²) in [6.07, 6.45) is 7.52. The van der Waals surface area contributed by atoms with Gasteiger partial charge in [-0.25, -0.2) is 4.39 Å². The third-order valence-corrected chi connectivity index (χ3v) is 7.96. The van der Waals surface area contributed by atoms with Crippen molar-refractivity contribution in [3.63, 3.8) is 0 Å². The van der Waals surface area contributed by atoms with Gasteiger partial charge in [0.15, 0.2) is 11.6 Å². The molecular formula is C29H31FN2O5S. The highest BCUT2D eigenvalue weighted by atomic mass is 32.1. The number of ether oxygens (including phenoxy) is 3. The highest BCUT2D eigenvalue weighted by Crippen LogP contribution is 2.39. The fourth-order valence-corrected chi connectivity index (χ4v) is 5.60. The van der Waals surface area contributed by atoms with Crippen LogP contribution in [0.25, 0.3) is 15.8 Å². The van der Waals surface area contributed by atoms with Crippen LogP contribution in [0.3, 0.4) is 0 Å². The molecule has 0 saturated heterocycles. The van der Waals surface area contributed by atoms with Crippen molar-refractivity contribution < 1.29 is 28.2 Å². The molecule has 1 saturated carbocycles. The van der Waals surface area contributed by atoms with Crippen LogP contribution in [-0.4, -0.2) is 61.6 Å². The minimum absolute atomic E-state index is 0.0366. The van der Waals surface area contributed by atoms with Crippen LogP contribution >= 0.6 is 11.3 Å². The van der Waals surface area contributed by atoms with Crippen LogP contribution in [-0.2, 0) is 25.5 Å². The van der Waals surface area contributed by atoms with E-state index >= 15 is 0 Å². The van der Waals surface area contributed by atoms with Crippen LogP contribution < -0.4 is 4.74 Å². The molecular weight excluding hydrogens is 507 g/mol. The van der Waals surface area contributed by atoms with Gasteiger partial charge in [0.1, 0.15) is 18.1 Å². The van der Waals surface area contributed by atoms with E-state index in [1.165, 1.54) is 6.07 Å². The second-order valence-electron chi connectivity index (χ2n) is 9.73. The molecule has 5 rings (SSSR count). The van der Waals surface area contributed by atoms with Crippen LogP contribution in [0.2, 0.25) is 0 Å². The molecule has 7 nitrogen and oxygen atoms in total. The molecule has 9 heteroatoms. The van der Waals surface area contributed by atoms with Gasteiger partial charge in [0, 0.05) is 50.2 Å². The summed E-state index contributed by atoms with van der Waals surface area (Å²) in [5.74, 6) is 0.798. The number of fused-ring (bicyclic) bond motifs is 1. The summed E-state index contributed by atoms with van der Waals surface area (Å²) in [7, 11) is 1.59. The van der Waals surface area contributed by atoms with Crippen LogP contribution in [0, 0.1) is 11.7 Å². The maximum absolute atomic E-state index is 14.9. The number of hydrogen-bond donors (Lipinski definition) is 0. The quantitative estimate of drug-likeness (QED) is 0.287. The van der Waals surface area contributed by atoms with Gasteiger partial charge in [-0.2, -0.15) is 0 Å². The van der Waals surface area contributed by atoms with E-state index in [0.29, 0.717) is 50.0 Å². The Morgan fingerprint density at radius 2 is 2.03 bits per heavy atom. The van der Waals surface area contributed by atoms with Crippen molar-refractivity contribution in [1.82, 2.24) is 9.88 Å². The minimum Gasteiger partial charge on any atom is -0.453 e. The second-order valence-corrected chi connectivity index (χ2v) is 10.8. The van der Waals surface area contributed by atoms with Crippen LogP contribution in [0.15, 0.2) is 42.6 Å². The van der Waals surface area contributed by atoms with E-state index in [9.17, 15) is 14.0 Å². The van der Waals surface area contributed by atoms with Crippen molar-refractivity contribution in [2.75, 3.05) is 40.0 Å². The molecule has 1 aliphatic carbocycles. The first-order chi connectivity index (χ1) is 18.5. The van der Waals surface area contributed by atoms with E-state index < -0.39 is 5.82 Å². The summed E-state index contributed by atoms with van der Waals surface area (Å²) < 4.78 is 32.0. The molecule has 0 atom stereocenters. The maximum atomic E-state index is 14.9. The molecule has 0 bridgehead atoms. The average Bonchev–Trinajstić information content (AvgIpc) is 3.61. The van der Waals surface area contributed by atoms with E-state index in [4.69, 9.17) is 14.2 Å². The Morgan fingerprint density at radius 1 is 1.16 bits per heavy atom. The van der Waals surface area contributed by atoms with Gasteiger partial charge in [-0.1, -0.05) is 12.1 Å². The van der Waals surface area contributed by atoms with Gasteiger partial charge in [-0.05, 0) is 54.5 Å². The van der Waals surface area contributed by atoms with Gasteiger partial charge in [0.05, 0.1) is 23.4 Å². The number of thiophene rings is 1. The molecule has 1 aromatic carbocycles. The number of methoxy groups -OCH3 is 1. The number of pyridine rings is 1. The van der Waals surface area contributed by atoms with Crippen molar-refractivity contribution in [3.8, 4) is 11.5 Å². The molecule has 1 amide bonds. The van der Waals surface area contributed by atoms with E-state index in [0.717, 1.165) is 39.9 Å². The molecule has 0 spiro atoms. The highest BCUT2D eigenvalue weighted by molar-refractivity contribution is 7.20. The Morgan fingerprint density at radius 3 is 2.76 bits per heavy atom. The molecule has 38 heavy (non-hydrogen) atoms. The smallest absolute Gasteiger partial charge is 0.248 e. The largest absolute Gasteiger partial charge is 0.453 e. The number of carbonyl (C=O) groups is 2. The zero-order valence-corrected chi connectivity index (χ0v) is 22.2. The normalized spacial score (nSPS) is 15.5. The van der Waals surface area contributed by atoms with Crippen LogP contribution in [0.4, 0.5) is 4.39 Å². The van der Waals surface area contributed by atoms with Gasteiger partial charge in [-0.15, -0.1) is 11.3 Å². The van der Waals surface area contributed by atoms with E-state index in [1.807, 2.05) is 6.07 Å². The summed E-state index contributed by atoms with van der Waals surface area (Å²) in [4.78, 5) is 31.8. The fourth-order valence-electron chi connectivity index (χ4n) is 4.47. The molecule has 3 aromatic rings. The number of nitrogens with zero attached hydrogens (tertiary/aromatic N) is 2. The molecule has 0 radical (unpaired) electrons. The molecule has 1 aliphatic heterocycles. The zero-order valence-electron chi connectivity index (χ0n) is 21.4. The lowest BCUT2D eigenvalue weighted by atomic mass is 10.0. The molecule has 200 valence electrons. The molecule has 1 fully saturated rings. The molecule has 0 unspecified atom stereocenters. The molecule has 2 aromatic heterocycles. The van der Waals surface area contributed by atoms with E-state index in [-0.39, 0.29) is 30.5 Å². The van der Waals surface area contributed by atoms with Gasteiger partial charge in [-0.3, -0.25) is 14.6 Å². The van der Waals surface area contributed by atoms with Crippen molar-refractivity contribution in [1.29, 1.82) is 0 Å². The molecule has 2 aliphatic rings. The topological polar surface area (TPSA) is 78.0 Å². The van der Waals surface area contributed by atoms with Gasteiger partial charge in [0.2, 0.25) is 5.91 Å². The third-order valence-electron chi connectivity index (χ3n) is 6.74. The summed E-state index contributed by atoms with van der Waals surface area (Å²) >= 11 is 1.54. The number of Topliss-reactive ketones (excluding diaryl/α,β-unsaturated/α-hetero) is 1. The predicted octanol–water partition coefficient (Wildman–Crippen LogP) is 5.42. The van der Waals surface area contributed by atoms with Crippen molar-refractivity contribution >= 4 is 38.8 Å². The summed E-state index contributed by atoms with van der Waals surface area (Å²) in [5, 5.41) is 0. The fraction of sp³-hybridized carbons (Fsp3) is 0.414. The molecule has 0 N–H and O–H groups in total. The van der Waals surface area contributed by atoms with Gasteiger partial charge in [0.25, 0.3) is 0 Å². The lowest BCUT2D eigenvalue weighted by Crippen LogP contribution is -2.37. The SMILES string of the molecule is COCCOCC(=O)N1CC=C(c2cc3nccc(Oc4ccc(CC(=O)CC5CC5)cc4F)c3s2)CC1. The number of benzene rings is 1. The van der Waals surface area contributed by atoms with Gasteiger partial charge >= 0.3 is 0 Å². The summed E-state index contributed by atoms with van der Waals surface area (Å²) in [6, 6.07) is 8.47. The number of rotatable bonds is 12. The summed E-state index contributed by atoms with van der Waals surface area (Å²) in [5.41, 5.74) is 2.59. The van der Waals surface area contributed by atoms with Gasteiger partial charge < -0.3 is 19.1 Å². The highest BCUT2D eigenvalue weighted by Gasteiger charge is 2.24. The standard InChI is InChI=1S/C29H31FN2O5S/c1-35-12-13-36-18-28(34)32-10-7-21(8-11-32)27-17-24-29(38-27)26(6-9-31-24)37-25-5-4-20(16-23(25)30)15-22(33)14-19-2-3-19/h4-7,9,16-17,19H,2-3,8,10-15,18H2,1H3. The number of aromatic nitrogens is 1. The number of hydrogen-bond acceptors (Lipinski definition) is 7. The third kappa shape index (κ3) is 6.64. The Hall–Kier alpha value is -3.14. The Bertz CT molecular complexity index is 1350. The Labute approximate surface area is 225 Å². The zero-order chi connectivity index (χ0) is 26.5. The first kappa shape index (κ1) is 26.5. The Balaban J connectivity index is 1.24. The number of amides is 1. The Kier molecular flexibility index (Phi) is 8.46. The summed E-state index contributed by atoms with van der Waals surface area (Å²) in [6.45, 7) is 2.04. The van der Waals surface area contributed by atoms with Crippen molar-refractivity contribution in [2.45, 2.75) is 32.1 Å². The van der Waals surface area contributed by atoms with Crippen molar-refractivity contribution in [3.05, 3.63) is 58.9 Å². The van der Waals surface area contributed by atoms with Crippen LogP contribution in [0.1, 0.15) is 36.1 Å². The predicted molar refractivity (Wildman–Crippen MR) is 144 cm³/mol. The lowest BCUT2D eigenvalue weighted by molar-refractivity contribution is -0.136.